The quantitative estimate of drug-likeness (QED) is 0.567. The first-order valence-electron chi connectivity index (χ1n) is 4.37. The molecule has 0 heterocycles. The Morgan fingerprint density at radius 2 is 1.82 bits per heavy atom. The minimum atomic E-state index is -0.829. The lowest BCUT2D eigenvalue weighted by Crippen LogP contribution is -2.19. The molecule has 2 nitrogen and oxygen atoms in total. The Balaban J connectivity index is 3.43. The highest BCUT2D eigenvalue weighted by molar-refractivity contribution is 4.51. The van der Waals surface area contributed by atoms with Gasteiger partial charge in [0.1, 0.15) is 0 Å². The van der Waals surface area contributed by atoms with Gasteiger partial charge in [0.2, 0.25) is 0 Å². The molecule has 2 unspecified atom stereocenters. The molecule has 0 aromatic carbocycles. The summed E-state index contributed by atoms with van der Waals surface area (Å²) in [5.41, 5.74) is 0. The predicted molar refractivity (Wildman–Crippen MR) is 44.8 cm³/mol. The van der Waals surface area contributed by atoms with Crippen LogP contribution in [0.3, 0.4) is 0 Å². The van der Waals surface area contributed by atoms with Gasteiger partial charge in [-0.3, -0.25) is 0 Å². The van der Waals surface area contributed by atoms with Crippen LogP contribution in [0.1, 0.15) is 40.5 Å². The van der Waals surface area contributed by atoms with E-state index in [2.05, 4.69) is 0 Å². The first-order chi connectivity index (χ1) is 5.06. The Kier molecular flexibility index (Phi) is 5.51. The molecule has 0 aliphatic rings. The Hall–Kier alpha value is -0.0800. The average Bonchev–Trinajstić information content (AvgIpc) is 1.85. The van der Waals surface area contributed by atoms with Crippen LogP contribution in [0.2, 0.25) is 0 Å². The van der Waals surface area contributed by atoms with Gasteiger partial charge in [-0.15, -0.1) is 0 Å². The lowest BCUT2D eigenvalue weighted by atomic mass is 10.1. The number of hydrogen-bond acceptors (Lipinski definition) is 1. The Morgan fingerprint density at radius 3 is 2.18 bits per heavy atom. The molecule has 0 rings (SSSR count). The number of hydrogen-bond donors (Lipinski definition) is 0. The van der Waals surface area contributed by atoms with Crippen molar-refractivity contribution in [1.82, 2.24) is 0 Å². The standard InChI is InChI=1S/C9H19O2/c1-5-8(4)11-9(10)6-7(2)3/h7-9H,5-6H2,1-4H3. The van der Waals surface area contributed by atoms with Gasteiger partial charge >= 0.3 is 0 Å². The number of ether oxygens (including phenoxy) is 1. The molecule has 1 radical (unpaired) electrons. The molecule has 0 saturated carbocycles. The third kappa shape index (κ3) is 6.32. The van der Waals surface area contributed by atoms with Crippen LogP contribution < -0.4 is 0 Å². The van der Waals surface area contributed by atoms with Crippen LogP contribution >= 0.6 is 0 Å². The van der Waals surface area contributed by atoms with E-state index in [1.54, 1.807) is 0 Å². The predicted octanol–water partition coefficient (Wildman–Crippen LogP) is 2.60. The van der Waals surface area contributed by atoms with Crippen molar-refractivity contribution < 1.29 is 9.84 Å². The normalized spacial score (nSPS) is 16.9. The number of rotatable bonds is 5. The first-order valence-corrected chi connectivity index (χ1v) is 4.37. The molecule has 0 aromatic heterocycles. The lowest BCUT2D eigenvalue weighted by molar-refractivity contribution is -0.173. The molecule has 0 fully saturated rings. The minimum absolute atomic E-state index is 0.108. The molecular formula is C9H19O2. The molecule has 0 aromatic rings. The van der Waals surface area contributed by atoms with Crippen LogP contribution in [0.4, 0.5) is 0 Å². The van der Waals surface area contributed by atoms with E-state index in [0.717, 1.165) is 6.42 Å². The van der Waals surface area contributed by atoms with E-state index in [0.29, 0.717) is 12.3 Å². The van der Waals surface area contributed by atoms with E-state index in [1.807, 2.05) is 27.7 Å². The molecule has 11 heavy (non-hydrogen) atoms. The lowest BCUT2D eigenvalue weighted by Gasteiger charge is -2.16. The second kappa shape index (κ2) is 5.56. The van der Waals surface area contributed by atoms with Crippen molar-refractivity contribution in [3.8, 4) is 0 Å². The zero-order chi connectivity index (χ0) is 8.85. The van der Waals surface area contributed by atoms with E-state index >= 15 is 0 Å². The van der Waals surface area contributed by atoms with Crippen molar-refractivity contribution in [3.63, 3.8) is 0 Å². The molecule has 0 amide bonds. The van der Waals surface area contributed by atoms with Gasteiger partial charge in [-0.25, -0.2) is 5.11 Å². The topological polar surface area (TPSA) is 29.1 Å². The van der Waals surface area contributed by atoms with Crippen molar-refractivity contribution in [2.45, 2.75) is 52.9 Å². The van der Waals surface area contributed by atoms with Crippen molar-refractivity contribution in [2.24, 2.45) is 5.92 Å². The highest BCUT2D eigenvalue weighted by Crippen LogP contribution is 2.09. The van der Waals surface area contributed by atoms with E-state index in [9.17, 15) is 5.11 Å². The first kappa shape index (κ1) is 10.9. The van der Waals surface area contributed by atoms with E-state index in [-0.39, 0.29) is 6.10 Å². The van der Waals surface area contributed by atoms with Crippen molar-refractivity contribution in [2.75, 3.05) is 0 Å². The van der Waals surface area contributed by atoms with Gasteiger partial charge in [-0.1, -0.05) is 20.8 Å². The molecule has 0 N–H and O–H groups in total. The fourth-order valence-electron chi connectivity index (χ4n) is 0.796. The molecule has 0 saturated heterocycles. The summed E-state index contributed by atoms with van der Waals surface area (Å²) < 4.78 is 5.15. The summed E-state index contributed by atoms with van der Waals surface area (Å²) in [5, 5.41) is 11.1. The molecule has 2 atom stereocenters. The van der Waals surface area contributed by atoms with Gasteiger partial charge in [-0.05, 0) is 19.3 Å². The summed E-state index contributed by atoms with van der Waals surface area (Å²) in [6.45, 7) is 8.02. The van der Waals surface area contributed by atoms with Crippen LogP contribution in [-0.4, -0.2) is 12.4 Å². The minimum Gasteiger partial charge on any atom is -0.347 e. The molecule has 67 valence electrons. The van der Waals surface area contributed by atoms with E-state index in [4.69, 9.17) is 4.74 Å². The van der Waals surface area contributed by atoms with Crippen LogP contribution in [0.5, 0.6) is 0 Å². The third-order valence-electron chi connectivity index (χ3n) is 1.62. The Labute approximate surface area is 69.6 Å². The summed E-state index contributed by atoms with van der Waals surface area (Å²) in [6, 6.07) is 0. The van der Waals surface area contributed by atoms with E-state index in [1.165, 1.54) is 0 Å². The summed E-state index contributed by atoms with van der Waals surface area (Å²) in [6.07, 6.45) is 0.808. The third-order valence-corrected chi connectivity index (χ3v) is 1.62. The SMILES string of the molecule is CCC(C)OC([O])CC(C)C. The summed E-state index contributed by atoms with van der Waals surface area (Å²) in [5.74, 6) is 0.432. The van der Waals surface area contributed by atoms with Crippen LogP contribution in [0.15, 0.2) is 0 Å². The zero-order valence-corrected chi connectivity index (χ0v) is 7.96. The maximum atomic E-state index is 11.1. The van der Waals surface area contributed by atoms with E-state index < -0.39 is 6.29 Å². The second-order valence-electron chi connectivity index (χ2n) is 3.41. The van der Waals surface area contributed by atoms with Crippen molar-refractivity contribution in [3.05, 3.63) is 0 Å². The van der Waals surface area contributed by atoms with Gasteiger partial charge in [0, 0.05) is 6.42 Å². The van der Waals surface area contributed by atoms with Gasteiger partial charge in [0.25, 0.3) is 0 Å². The summed E-state index contributed by atoms with van der Waals surface area (Å²) in [7, 11) is 0. The van der Waals surface area contributed by atoms with Crippen molar-refractivity contribution in [1.29, 1.82) is 0 Å². The van der Waals surface area contributed by atoms with Gasteiger partial charge in [0.15, 0.2) is 6.29 Å². The maximum Gasteiger partial charge on any atom is 0.191 e. The van der Waals surface area contributed by atoms with Gasteiger partial charge in [0.05, 0.1) is 6.10 Å². The molecule has 2 heteroatoms. The largest absolute Gasteiger partial charge is 0.347 e. The molecule has 0 aliphatic carbocycles. The maximum absolute atomic E-state index is 11.1. The average molecular weight is 159 g/mol. The smallest absolute Gasteiger partial charge is 0.191 e. The highest BCUT2D eigenvalue weighted by Gasteiger charge is 2.11. The van der Waals surface area contributed by atoms with Crippen LogP contribution in [0, 0.1) is 5.92 Å². The molecule has 0 aliphatic heterocycles. The fourth-order valence-corrected chi connectivity index (χ4v) is 0.796. The monoisotopic (exact) mass is 159 g/mol. The Bertz CT molecular complexity index is 91.6. The fraction of sp³-hybridized carbons (Fsp3) is 1.00. The Morgan fingerprint density at radius 1 is 1.27 bits per heavy atom. The summed E-state index contributed by atoms with van der Waals surface area (Å²) in [4.78, 5) is 0. The van der Waals surface area contributed by atoms with Gasteiger partial charge < -0.3 is 4.74 Å². The molecule has 0 bridgehead atoms. The van der Waals surface area contributed by atoms with Crippen LogP contribution in [-0.2, 0) is 9.84 Å². The molecular weight excluding hydrogens is 140 g/mol. The van der Waals surface area contributed by atoms with Crippen molar-refractivity contribution >= 4 is 0 Å². The van der Waals surface area contributed by atoms with Crippen LogP contribution in [0.25, 0.3) is 0 Å². The van der Waals surface area contributed by atoms with Gasteiger partial charge in [-0.2, -0.15) is 0 Å². The highest BCUT2D eigenvalue weighted by atomic mass is 16.6. The summed E-state index contributed by atoms with van der Waals surface area (Å²) >= 11 is 0. The second-order valence-corrected chi connectivity index (χ2v) is 3.41. The zero-order valence-electron chi connectivity index (χ0n) is 7.96. The molecule has 0 spiro atoms.